The first-order chi connectivity index (χ1) is 6.77. The van der Waals surface area contributed by atoms with Gasteiger partial charge in [-0.15, -0.1) is 11.3 Å². The lowest BCUT2D eigenvalue weighted by atomic mass is 10.1. The Morgan fingerprint density at radius 2 is 2.50 bits per heavy atom. The van der Waals surface area contributed by atoms with Crippen molar-refractivity contribution in [1.29, 1.82) is 0 Å². The van der Waals surface area contributed by atoms with Crippen LogP contribution in [0.3, 0.4) is 0 Å². The number of methoxy groups -OCH3 is 1. The maximum absolute atomic E-state index is 11.4. The first-order valence-electron chi connectivity index (χ1n) is 4.52. The van der Waals surface area contributed by atoms with E-state index in [-0.39, 0.29) is 11.9 Å². The Morgan fingerprint density at radius 1 is 1.71 bits per heavy atom. The fourth-order valence-electron chi connectivity index (χ4n) is 1.32. The Morgan fingerprint density at radius 3 is 3.00 bits per heavy atom. The number of hydrogen-bond acceptors (Lipinski definition) is 4. The van der Waals surface area contributed by atoms with Gasteiger partial charge in [-0.05, 0) is 24.9 Å². The molecule has 0 aliphatic heterocycles. The molecule has 14 heavy (non-hydrogen) atoms. The highest BCUT2D eigenvalue weighted by atomic mass is 32.1. The molecule has 0 aromatic carbocycles. The monoisotopic (exact) mass is 213 g/mol. The average molecular weight is 213 g/mol. The van der Waals surface area contributed by atoms with Gasteiger partial charge in [0.1, 0.15) is 0 Å². The van der Waals surface area contributed by atoms with Crippen LogP contribution in [0.2, 0.25) is 0 Å². The molecule has 78 valence electrons. The van der Waals surface area contributed by atoms with E-state index in [1.807, 2.05) is 24.6 Å². The molecular formula is C10H15NO2S. The summed E-state index contributed by atoms with van der Waals surface area (Å²) >= 11 is 1.67. The summed E-state index contributed by atoms with van der Waals surface area (Å²) in [6.07, 6.45) is 0.755. The van der Waals surface area contributed by atoms with E-state index in [1.54, 1.807) is 11.3 Å². The molecule has 0 radical (unpaired) electrons. The molecule has 1 heterocycles. The summed E-state index contributed by atoms with van der Waals surface area (Å²) in [4.78, 5) is 12.6. The predicted octanol–water partition coefficient (Wildman–Crippen LogP) is 1.30. The minimum absolute atomic E-state index is 0.0800. The molecule has 0 aliphatic carbocycles. The quantitative estimate of drug-likeness (QED) is 0.749. The Balaban J connectivity index is 2.55. The highest BCUT2D eigenvalue weighted by Gasteiger charge is 2.18. The summed E-state index contributed by atoms with van der Waals surface area (Å²) in [7, 11) is 3.27. The van der Waals surface area contributed by atoms with Gasteiger partial charge < -0.3 is 10.1 Å². The molecule has 1 aromatic heterocycles. The van der Waals surface area contributed by atoms with Crippen LogP contribution in [0, 0.1) is 5.92 Å². The van der Waals surface area contributed by atoms with Crippen molar-refractivity contribution >= 4 is 17.3 Å². The Labute approximate surface area is 88.1 Å². The minimum Gasteiger partial charge on any atom is -0.469 e. The predicted molar refractivity (Wildman–Crippen MR) is 57.5 cm³/mol. The first kappa shape index (κ1) is 11.2. The topological polar surface area (TPSA) is 38.3 Å². The van der Waals surface area contributed by atoms with Gasteiger partial charge in [0.25, 0.3) is 0 Å². The number of hydrogen-bond donors (Lipinski definition) is 1. The van der Waals surface area contributed by atoms with Crippen molar-refractivity contribution in [3.8, 4) is 0 Å². The van der Waals surface area contributed by atoms with Crippen molar-refractivity contribution in [2.45, 2.75) is 6.42 Å². The maximum Gasteiger partial charge on any atom is 0.310 e. The number of rotatable bonds is 5. The van der Waals surface area contributed by atoms with Gasteiger partial charge in [0.2, 0.25) is 0 Å². The zero-order valence-corrected chi connectivity index (χ0v) is 9.26. The molecule has 4 heteroatoms. The van der Waals surface area contributed by atoms with Gasteiger partial charge in [0.15, 0.2) is 0 Å². The molecule has 3 nitrogen and oxygen atoms in total. The fourth-order valence-corrected chi connectivity index (χ4v) is 2.11. The van der Waals surface area contributed by atoms with E-state index in [0.717, 1.165) is 6.42 Å². The third-order valence-electron chi connectivity index (χ3n) is 2.01. The molecular weight excluding hydrogens is 198 g/mol. The van der Waals surface area contributed by atoms with Crippen molar-refractivity contribution in [2.24, 2.45) is 5.92 Å². The second-order valence-corrected chi connectivity index (χ2v) is 4.09. The maximum atomic E-state index is 11.4. The number of thiophene rings is 1. The fraction of sp³-hybridized carbons (Fsp3) is 0.500. The second kappa shape index (κ2) is 5.78. The van der Waals surface area contributed by atoms with Crippen molar-refractivity contribution in [1.82, 2.24) is 5.32 Å². The lowest BCUT2D eigenvalue weighted by Crippen LogP contribution is -2.28. The summed E-state index contributed by atoms with van der Waals surface area (Å²) in [6.45, 7) is 0.657. The normalized spacial score (nSPS) is 12.4. The van der Waals surface area contributed by atoms with Gasteiger partial charge in [0, 0.05) is 11.4 Å². The number of esters is 1. The lowest BCUT2D eigenvalue weighted by molar-refractivity contribution is -0.145. The van der Waals surface area contributed by atoms with Gasteiger partial charge >= 0.3 is 5.97 Å². The van der Waals surface area contributed by atoms with Gasteiger partial charge in [-0.2, -0.15) is 0 Å². The Hall–Kier alpha value is -0.870. The molecule has 1 unspecified atom stereocenters. The summed E-state index contributed by atoms with van der Waals surface area (Å²) in [5.41, 5.74) is 0. The van der Waals surface area contributed by atoms with Crippen molar-refractivity contribution < 1.29 is 9.53 Å². The zero-order valence-electron chi connectivity index (χ0n) is 8.45. The number of carbonyl (C=O) groups excluding carboxylic acids is 1. The van der Waals surface area contributed by atoms with E-state index in [4.69, 9.17) is 4.74 Å². The second-order valence-electron chi connectivity index (χ2n) is 3.06. The van der Waals surface area contributed by atoms with Crippen LogP contribution < -0.4 is 5.32 Å². The number of nitrogens with one attached hydrogen (secondary N) is 1. The van der Waals surface area contributed by atoms with Crippen LogP contribution in [-0.4, -0.2) is 26.7 Å². The molecule has 0 saturated carbocycles. The molecule has 1 N–H and O–H groups in total. The van der Waals surface area contributed by atoms with Crippen LogP contribution in [0.4, 0.5) is 0 Å². The molecule has 1 aromatic rings. The molecule has 0 aliphatic rings. The van der Waals surface area contributed by atoms with E-state index in [2.05, 4.69) is 5.32 Å². The summed E-state index contributed by atoms with van der Waals surface area (Å²) in [5, 5.41) is 5.02. The van der Waals surface area contributed by atoms with Crippen LogP contribution in [0.5, 0.6) is 0 Å². The molecule has 1 atom stereocenters. The van der Waals surface area contributed by atoms with Crippen molar-refractivity contribution in [3.63, 3.8) is 0 Å². The van der Waals surface area contributed by atoms with Crippen LogP contribution in [0.25, 0.3) is 0 Å². The average Bonchev–Trinajstić information content (AvgIpc) is 2.68. The van der Waals surface area contributed by atoms with E-state index >= 15 is 0 Å². The summed E-state index contributed by atoms with van der Waals surface area (Å²) < 4.78 is 4.74. The third-order valence-corrected chi connectivity index (χ3v) is 2.91. The highest BCUT2D eigenvalue weighted by Crippen LogP contribution is 2.15. The van der Waals surface area contributed by atoms with Crippen LogP contribution in [0.1, 0.15) is 4.88 Å². The summed E-state index contributed by atoms with van der Waals surface area (Å²) in [5.74, 6) is -0.226. The first-order valence-corrected chi connectivity index (χ1v) is 5.40. The van der Waals surface area contributed by atoms with Gasteiger partial charge in [-0.1, -0.05) is 6.07 Å². The Bertz CT molecular complexity index is 272. The van der Waals surface area contributed by atoms with E-state index in [0.29, 0.717) is 6.54 Å². The summed E-state index contributed by atoms with van der Waals surface area (Å²) in [6, 6.07) is 4.03. The van der Waals surface area contributed by atoms with Gasteiger partial charge in [0.05, 0.1) is 13.0 Å². The van der Waals surface area contributed by atoms with Gasteiger partial charge in [-0.3, -0.25) is 4.79 Å². The van der Waals surface area contributed by atoms with E-state index < -0.39 is 0 Å². The minimum atomic E-state index is -0.146. The SMILES string of the molecule is CNCC(Cc1cccs1)C(=O)OC. The Kier molecular flexibility index (Phi) is 4.62. The van der Waals surface area contributed by atoms with Crippen LogP contribution >= 0.6 is 11.3 Å². The third kappa shape index (κ3) is 3.12. The highest BCUT2D eigenvalue weighted by molar-refractivity contribution is 7.09. The van der Waals surface area contributed by atoms with Gasteiger partial charge in [-0.25, -0.2) is 0 Å². The molecule has 0 spiro atoms. The van der Waals surface area contributed by atoms with Crippen LogP contribution in [0.15, 0.2) is 17.5 Å². The van der Waals surface area contributed by atoms with Crippen LogP contribution in [-0.2, 0) is 16.0 Å². The van der Waals surface area contributed by atoms with Crippen molar-refractivity contribution in [2.75, 3.05) is 20.7 Å². The van der Waals surface area contributed by atoms with E-state index in [1.165, 1.54) is 12.0 Å². The standard InChI is InChI=1S/C10H15NO2S/c1-11-7-8(10(12)13-2)6-9-4-3-5-14-9/h3-5,8,11H,6-7H2,1-2H3. The van der Waals surface area contributed by atoms with Crippen molar-refractivity contribution in [3.05, 3.63) is 22.4 Å². The molecule has 0 bridgehead atoms. The largest absolute Gasteiger partial charge is 0.469 e. The smallest absolute Gasteiger partial charge is 0.310 e. The molecule has 0 fully saturated rings. The van der Waals surface area contributed by atoms with E-state index in [9.17, 15) is 4.79 Å². The number of carbonyl (C=O) groups is 1. The molecule has 0 amide bonds. The zero-order chi connectivity index (χ0) is 10.4. The lowest BCUT2D eigenvalue weighted by Gasteiger charge is -2.12. The molecule has 1 rings (SSSR count). The number of ether oxygens (including phenoxy) is 1. The molecule has 0 saturated heterocycles.